The Morgan fingerprint density at radius 1 is 1.37 bits per heavy atom. The van der Waals surface area contributed by atoms with E-state index in [2.05, 4.69) is 36.7 Å². The zero-order valence-corrected chi connectivity index (χ0v) is 23.5. The molecule has 205 valence electrons. The van der Waals surface area contributed by atoms with Crippen molar-refractivity contribution in [1.29, 1.82) is 0 Å². The molecule has 0 bridgehead atoms. The van der Waals surface area contributed by atoms with Gasteiger partial charge < -0.3 is 25.8 Å². The number of fused-ring (bicyclic) bond motifs is 2. The van der Waals surface area contributed by atoms with Crippen LogP contribution in [0.2, 0.25) is 5.02 Å². The predicted octanol–water partition coefficient (Wildman–Crippen LogP) is 3.30. The largest absolute Gasteiger partial charge is 0.391 e. The molecule has 1 radical (unpaired) electrons. The average Bonchev–Trinajstić information content (AvgIpc) is 3.29. The van der Waals surface area contributed by atoms with Gasteiger partial charge in [-0.25, -0.2) is 4.39 Å². The minimum absolute atomic E-state index is 0.0907. The third kappa shape index (κ3) is 5.54. The van der Waals surface area contributed by atoms with Crippen molar-refractivity contribution in [3.05, 3.63) is 52.2 Å². The molecule has 2 amide bonds. The van der Waals surface area contributed by atoms with E-state index in [1.54, 1.807) is 7.28 Å². The van der Waals surface area contributed by atoms with Gasteiger partial charge in [-0.3, -0.25) is 9.59 Å². The lowest BCUT2D eigenvalue weighted by atomic mass is 9.60. The minimum atomic E-state index is -1.30. The highest BCUT2D eigenvalue weighted by Crippen LogP contribution is 2.55. The van der Waals surface area contributed by atoms with Gasteiger partial charge in [-0.15, -0.1) is 17.6 Å². The summed E-state index contributed by atoms with van der Waals surface area (Å²) in [5, 5.41) is 18.8. The Bertz CT molecular complexity index is 1160. The van der Waals surface area contributed by atoms with E-state index in [-0.39, 0.29) is 35.4 Å². The molecular formula is C27H34BCl2FN3O4. The molecule has 4 rings (SSSR count). The number of aliphatic hydroxyl groups excluding tert-OH is 1. The quantitative estimate of drug-likeness (QED) is 0.287. The molecule has 1 aromatic carbocycles. The second-order valence-electron chi connectivity index (χ2n) is 11.4. The number of methoxy groups -OCH3 is 1. The maximum Gasteiger partial charge on any atom is 0.237 e. The van der Waals surface area contributed by atoms with Crippen LogP contribution in [0.5, 0.6) is 0 Å². The van der Waals surface area contributed by atoms with Crippen LogP contribution in [0.1, 0.15) is 39.2 Å². The molecule has 1 aromatic rings. The normalized spacial score (nSPS) is 29.1. The Morgan fingerprint density at radius 2 is 2.11 bits per heavy atom. The first-order valence-corrected chi connectivity index (χ1v) is 13.6. The van der Waals surface area contributed by atoms with E-state index in [0.29, 0.717) is 29.7 Å². The second-order valence-corrected chi connectivity index (χ2v) is 12.3. The highest BCUT2D eigenvalue weighted by atomic mass is 35.5. The number of alkyl halides is 1. The molecule has 38 heavy (non-hydrogen) atoms. The number of ether oxygens (including phenoxy) is 1. The summed E-state index contributed by atoms with van der Waals surface area (Å²) in [4.78, 5) is 27.8. The molecule has 1 saturated heterocycles. The van der Waals surface area contributed by atoms with Gasteiger partial charge in [-0.1, -0.05) is 44.5 Å². The molecule has 11 heteroatoms. The number of hydrogen-bond donors (Lipinski definition) is 4. The van der Waals surface area contributed by atoms with Gasteiger partial charge in [-0.05, 0) is 41.5 Å². The fourth-order valence-electron chi connectivity index (χ4n) is 5.96. The minimum Gasteiger partial charge on any atom is -0.391 e. The average molecular weight is 565 g/mol. The molecule has 1 fully saturated rings. The van der Waals surface area contributed by atoms with Crippen molar-refractivity contribution in [2.45, 2.75) is 62.5 Å². The number of allylic oxidation sites excluding steroid dienone is 2. The third-order valence-electron chi connectivity index (χ3n) is 7.41. The molecule has 3 aliphatic heterocycles. The summed E-state index contributed by atoms with van der Waals surface area (Å²) >= 11 is 12.6. The van der Waals surface area contributed by atoms with Crippen molar-refractivity contribution in [2.75, 3.05) is 25.6 Å². The fourth-order valence-corrected chi connectivity index (χ4v) is 6.35. The van der Waals surface area contributed by atoms with E-state index in [0.717, 1.165) is 0 Å². The SMILES string of the molecule is COCC(O)CCNC(=O)C1NC(CC(C)(C)C)C2(C(=O)Nc3cc(Cl)c(F)cc32)C1C1=CC(Cl)[B]C=C1. The zero-order valence-electron chi connectivity index (χ0n) is 22.0. The number of benzene rings is 1. The van der Waals surface area contributed by atoms with Gasteiger partial charge in [0.15, 0.2) is 7.28 Å². The van der Waals surface area contributed by atoms with E-state index in [1.165, 1.54) is 19.2 Å². The van der Waals surface area contributed by atoms with Gasteiger partial charge >= 0.3 is 0 Å². The van der Waals surface area contributed by atoms with Gasteiger partial charge in [0.25, 0.3) is 0 Å². The molecular weight excluding hydrogens is 531 g/mol. The summed E-state index contributed by atoms with van der Waals surface area (Å²) in [6, 6.07) is 1.42. The molecule has 7 nitrogen and oxygen atoms in total. The summed E-state index contributed by atoms with van der Waals surface area (Å²) in [6.07, 6.45) is 3.80. The molecule has 3 aliphatic rings. The van der Waals surface area contributed by atoms with Crippen LogP contribution in [-0.2, 0) is 19.7 Å². The topological polar surface area (TPSA) is 99.7 Å². The smallest absolute Gasteiger partial charge is 0.237 e. The monoisotopic (exact) mass is 564 g/mol. The van der Waals surface area contributed by atoms with E-state index in [1.807, 2.05) is 18.1 Å². The summed E-state index contributed by atoms with van der Waals surface area (Å²) in [5.41, 5.74) is 0.102. The molecule has 0 saturated carbocycles. The Balaban J connectivity index is 1.83. The van der Waals surface area contributed by atoms with Crippen LogP contribution < -0.4 is 16.0 Å². The molecule has 0 aliphatic carbocycles. The third-order valence-corrected chi connectivity index (χ3v) is 7.97. The number of carbonyl (C=O) groups excluding carboxylic acids is 2. The van der Waals surface area contributed by atoms with Gasteiger partial charge in [0.1, 0.15) is 11.2 Å². The van der Waals surface area contributed by atoms with E-state index >= 15 is 0 Å². The highest BCUT2D eigenvalue weighted by Gasteiger charge is 2.66. The molecule has 6 atom stereocenters. The van der Waals surface area contributed by atoms with Crippen molar-refractivity contribution in [2.24, 2.45) is 11.3 Å². The Morgan fingerprint density at radius 3 is 2.76 bits per heavy atom. The first-order valence-electron chi connectivity index (χ1n) is 12.8. The lowest BCUT2D eigenvalue weighted by Crippen LogP contribution is -2.51. The van der Waals surface area contributed by atoms with Crippen LogP contribution in [0.15, 0.2) is 35.8 Å². The number of nitrogens with one attached hydrogen (secondary N) is 3. The van der Waals surface area contributed by atoms with Gasteiger partial charge in [0.2, 0.25) is 11.8 Å². The van der Waals surface area contributed by atoms with Crippen LogP contribution in [0.3, 0.4) is 0 Å². The molecule has 0 aromatic heterocycles. The summed E-state index contributed by atoms with van der Waals surface area (Å²) in [7, 11) is 3.30. The summed E-state index contributed by atoms with van der Waals surface area (Å²) in [5.74, 6) is -0.148. The zero-order chi connectivity index (χ0) is 27.8. The van der Waals surface area contributed by atoms with Gasteiger partial charge in [0.05, 0.1) is 23.8 Å². The fraction of sp³-hybridized carbons (Fsp3) is 0.556. The van der Waals surface area contributed by atoms with Crippen LogP contribution in [0.25, 0.3) is 0 Å². The predicted molar refractivity (Wildman–Crippen MR) is 148 cm³/mol. The summed E-state index contributed by atoms with van der Waals surface area (Å²) < 4.78 is 19.9. The summed E-state index contributed by atoms with van der Waals surface area (Å²) in [6.45, 7) is 6.55. The first kappa shape index (κ1) is 29.1. The van der Waals surface area contributed by atoms with Crippen LogP contribution in [0.4, 0.5) is 10.1 Å². The first-order chi connectivity index (χ1) is 17.9. The van der Waals surface area contributed by atoms with Crippen molar-refractivity contribution in [1.82, 2.24) is 10.6 Å². The maximum absolute atomic E-state index is 14.9. The van der Waals surface area contributed by atoms with Crippen LogP contribution >= 0.6 is 23.2 Å². The van der Waals surface area contributed by atoms with Crippen LogP contribution in [-0.4, -0.2) is 67.9 Å². The van der Waals surface area contributed by atoms with E-state index in [9.17, 15) is 19.1 Å². The Labute approximate surface area is 233 Å². The molecule has 4 N–H and O–H groups in total. The number of anilines is 1. The standard InChI is InChI=1S/C27H34BCl2FN3O4/c1-26(2,3)12-20-27(16-10-18(31)17(29)11-19(16)33-25(27)37)22(14-5-7-28-21(30)9-14)23(34-20)24(36)32-8-6-15(35)13-38-4/h5,7,9-11,15,20-23,34-35H,6,8,12-13H2,1-4H3,(H,32,36)(H,33,37). The van der Waals surface area contributed by atoms with Crippen LogP contribution in [0, 0.1) is 17.2 Å². The number of hydrogen-bond acceptors (Lipinski definition) is 5. The number of amides is 2. The number of aliphatic hydroxyl groups is 1. The number of carbonyl (C=O) groups is 2. The Kier molecular flexibility index (Phi) is 8.65. The molecule has 3 heterocycles. The number of rotatable bonds is 8. The van der Waals surface area contributed by atoms with Crippen molar-refractivity contribution < 1.29 is 23.8 Å². The maximum atomic E-state index is 14.9. The molecule has 6 unspecified atom stereocenters. The van der Waals surface area contributed by atoms with E-state index < -0.39 is 40.6 Å². The van der Waals surface area contributed by atoms with Crippen molar-refractivity contribution >= 4 is 48.0 Å². The van der Waals surface area contributed by atoms with E-state index in [4.69, 9.17) is 27.9 Å². The lowest BCUT2D eigenvalue weighted by molar-refractivity contribution is -0.124. The lowest BCUT2D eigenvalue weighted by Gasteiger charge is -2.38. The number of halogens is 3. The second kappa shape index (κ2) is 11.3. The molecule has 1 spiro atoms. The van der Waals surface area contributed by atoms with Gasteiger partial charge in [0, 0.05) is 36.6 Å². The highest BCUT2D eigenvalue weighted by molar-refractivity contribution is 6.58. The van der Waals surface area contributed by atoms with Crippen molar-refractivity contribution in [3.8, 4) is 0 Å². The van der Waals surface area contributed by atoms with Crippen molar-refractivity contribution in [3.63, 3.8) is 0 Å². The van der Waals surface area contributed by atoms with Gasteiger partial charge in [-0.2, -0.15) is 0 Å². The Hall–Kier alpha value is -1.91.